The molecule has 0 aromatic heterocycles. The molecular weight excluding hydrogens is 130 g/mol. The summed E-state index contributed by atoms with van der Waals surface area (Å²) >= 11 is 0. The smallest absolute Gasteiger partial charge is 0.233 e. The average Bonchev–Trinajstić information content (AvgIpc) is 1.98. The highest BCUT2D eigenvalue weighted by Gasteiger charge is 1.91. The minimum absolute atomic E-state index is 0.642. The Hall–Kier alpha value is -0.570. The molecule has 60 valence electrons. The molecule has 3 nitrogen and oxygen atoms in total. The van der Waals surface area contributed by atoms with Gasteiger partial charge in [0.05, 0.1) is 6.61 Å². The molecular formula is C7H15NO2. The Balaban J connectivity index is 2.95. The van der Waals surface area contributed by atoms with E-state index in [4.69, 9.17) is 4.84 Å². The van der Waals surface area contributed by atoms with Gasteiger partial charge in [0.25, 0.3) is 0 Å². The Bertz CT molecular complexity index is 85.7. The van der Waals surface area contributed by atoms with Crippen LogP contribution in [0.25, 0.3) is 0 Å². The van der Waals surface area contributed by atoms with Crippen LogP contribution in [0.3, 0.4) is 0 Å². The Labute approximate surface area is 61.9 Å². The zero-order chi connectivity index (χ0) is 7.82. The van der Waals surface area contributed by atoms with Crippen molar-refractivity contribution in [3.8, 4) is 0 Å². The zero-order valence-electron chi connectivity index (χ0n) is 6.67. The third-order valence-electron chi connectivity index (χ3n) is 1.19. The summed E-state index contributed by atoms with van der Waals surface area (Å²) in [7, 11) is 1.60. The van der Waals surface area contributed by atoms with Gasteiger partial charge in [0.2, 0.25) is 6.41 Å². The van der Waals surface area contributed by atoms with E-state index >= 15 is 0 Å². The molecule has 0 saturated heterocycles. The van der Waals surface area contributed by atoms with E-state index in [2.05, 4.69) is 6.92 Å². The van der Waals surface area contributed by atoms with E-state index < -0.39 is 0 Å². The van der Waals surface area contributed by atoms with Crippen molar-refractivity contribution in [2.24, 2.45) is 0 Å². The topological polar surface area (TPSA) is 29.5 Å². The van der Waals surface area contributed by atoms with E-state index in [1.807, 2.05) is 0 Å². The van der Waals surface area contributed by atoms with Crippen LogP contribution in [0, 0.1) is 0 Å². The van der Waals surface area contributed by atoms with Crippen LogP contribution in [0.5, 0.6) is 0 Å². The van der Waals surface area contributed by atoms with Crippen LogP contribution in [0.2, 0.25) is 0 Å². The Morgan fingerprint density at radius 1 is 1.50 bits per heavy atom. The molecule has 0 atom stereocenters. The van der Waals surface area contributed by atoms with Crippen LogP contribution in [-0.4, -0.2) is 25.1 Å². The van der Waals surface area contributed by atoms with Crippen molar-refractivity contribution in [2.45, 2.75) is 26.2 Å². The zero-order valence-corrected chi connectivity index (χ0v) is 6.67. The maximum atomic E-state index is 9.97. The molecule has 0 radical (unpaired) electrons. The van der Waals surface area contributed by atoms with Crippen LogP contribution < -0.4 is 0 Å². The lowest BCUT2D eigenvalue weighted by Gasteiger charge is -2.09. The normalized spacial score (nSPS) is 9.40. The van der Waals surface area contributed by atoms with E-state index in [1.165, 1.54) is 11.5 Å². The second kappa shape index (κ2) is 6.55. The lowest BCUT2D eigenvalue weighted by Crippen LogP contribution is -2.16. The fourth-order valence-electron chi connectivity index (χ4n) is 0.591. The van der Waals surface area contributed by atoms with Gasteiger partial charge < -0.3 is 0 Å². The molecule has 1 amide bonds. The van der Waals surface area contributed by atoms with Gasteiger partial charge in [0.1, 0.15) is 0 Å². The van der Waals surface area contributed by atoms with Crippen molar-refractivity contribution in [3.05, 3.63) is 0 Å². The number of carbonyl (C=O) groups is 1. The SMILES string of the molecule is CCCCCON(C)C=O. The molecule has 0 N–H and O–H groups in total. The molecule has 0 rings (SSSR count). The molecule has 0 spiro atoms. The number of unbranched alkanes of at least 4 members (excludes halogenated alkanes) is 2. The maximum absolute atomic E-state index is 9.97. The first-order chi connectivity index (χ1) is 4.81. The molecule has 0 aromatic rings. The fraction of sp³-hybridized carbons (Fsp3) is 0.857. The van der Waals surface area contributed by atoms with Crippen molar-refractivity contribution in [1.29, 1.82) is 0 Å². The number of nitrogens with zero attached hydrogens (tertiary/aromatic N) is 1. The monoisotopic (exact) mass is 145 g/mol. The summed E-state index contributed by atoms with van der Waals surface area (Å²) in [6.45, 7) is 2.77. The molecule has 3 heteroatoms. The van der Waals surface area contributed by atoms with Gasteiger partial charge >= 0.3 is 0 Å². The minimum atomic E-state index is 0.642. The third-order valence-corrected chi connectivity index (χ3v) is 1.19. The largest absolute Gasteiger partial charge is 0.276 e. The van der Waals surface area contributed by atoms with Gasteiger partial charge in [-0.05, 0) is 6.42 Å². The Kier molecular flexibility index (Phi) is 6.18. The van der Waals surface area contributed by atoms with Crippen LogP contribution in [0.4, 0.5) is 0 Å². The number of hydrogen-bond acceptors (Lipinski definition) is 2. The maximum Gasteiger partial charge on any atom is 0.233 e. The summed E-state index contributed by atoms with van der Waals surface area (Å²) in [5.74, 6) is 0. The van der Waals surface area contributed by atoms with Crippen molar-refractivity contribution in [2.75, 3.05) is 13.7 Å². The molecule has 0 fully saturated rings. The van der Waals surface area contributed by atoms with Crippen LogP contribution in [0.15, 0.2) is 0 Å². The molecule has 0 aromatic carbocycles. The first kappa shape index (κ1) is 9.43. The second-order valence-corrected chi connectivity index (χ2v) is 2.19. The predicted octanol–water partition coefficient (Wildman–Crippen LogP) is 1.20. The standard InChI is InChI=1S/C7H15NO2/c1-3-4-5-6-10-8(2)7-9/h7H,3-6H2,1-2H3. The second-order valence-electron chi connectivity index (χ2n) is 2.19. The van der Waals surface area contributed by atoms with Gasteiger partial charge in [-0.15, -0.1) is 0 Å². The molecule has 10 heavy (non-hydrogen) atoms. The van der Waals surface area contributed by atoms with Gasteiger partial charge in [-0.25, -0.2) is 5.06 Å². The molecule has 0 heterocycles. The Morgan fingerprint density at radius 3 is 2.70 bits per heavy atom. The molecule has 0 unspecified atom stereocenters. The van der Waals surface area contributed by atoms with E-state index in [1.54, 1.807) is 7.05 Å². The quantitative estimate of drug-likeness (QED) is 0.319. The molecule has 0 aliphatic carbocycles. The average molecular weight is 145 g/mol. The molecule has 0 saturated carbocycles. The van der Waals surface area contributed by atoms with Gasteiger partial charge in [0, 0.05) is 7.05 Å². The third kappa shape index (κ3) is 5.56. The van der Waals surface area contributed by atoms with Gasteiger partial charge in [-0.1, -0.05) is 19.8 Å². The van der Waals surface area contributed by atoms with Gasteiger partial charge in [0.15, 0.2) is 0 Å². The Morgan fingerprint density at radius 2 is 2.20 bits per heavy atom. The summed E-state index contributed by atoms with van der Waals surface area (Å²) < 4.78 is 0. The van der Waals surface area contributed by atoms with E-state index in [0.717, 1.165) is 12.8 Å². The number of hydrogen-bond donors (Lipinski definition) is 0. The summed E-state index contributed by atoms with van der Waals surface area (Å²) in [6.07, 6.45) is 4.02. The highest BCUT2D eigenvalue weighted by molar-refractivity contribution is 5.44. The van der Waals surface area contributed by atoms with Crippen molar-refractivity contribution in [1.82, 2.24) is 5.06 Å². The minimum Gasteiger partial charge on any atom is -0.276 e. The highest BCUT2D eigenvalue weighted by atomic mass is 16.7. The van der Waals surface area contributed by atoms with Crippen LogP contribution in [0.1, 0.15) is 26.2 Å². The summed E-state index contributed by atoms with van der Waals surface area (Å²) in [5.41, 5.74) is 0. The van der Waals surface area contributed by atoms with Crippen molar-refractivity contribution in [3.63, 3.8) is 0 Å². The van der Waals surface area contributed by atoms with Crippen molar-refractivity contribution >= 4 is 6.41 Å². The lowest BCUT2D eigenvalue weighted by molar-refractivity contribution is -0.163. The summed E-state index contributed by atoms with van der Waals surface area (Å²) in [4.78, 5) is 14.9. The number of carbonyl (C=O) groups excluding carboxylic acids is 1. The van der Waals surface area contributed by atoms with Gasteiger partial charge in [-0.3, -0.25) is 9.63 Å². The summed E-state index contributed by atoms with van der Waals surface area (Å²) in [6, 6.07) is 0. The first-order valence-corrected chi connectivity index (χ1v) is 3.62. The predicted molar refractivity (Wildman–Crippen MR) is 39.3 cm³/mol. The van der Waals surface area contributed by atoms with Crippen LogP contribution >= 0.6 is 0 Å². The van der Waals surface area contributed by atoms with Crippen LogP contribution in [-0.2, 0) is 9.63 Å². The van der Waals surface area contributed by atoms with E-state index in [9.17, 15) is 4.79 Å². The number of amides is 1. The molecule has 0 aliphatic rings. The lowest BCUT2D eigenvalue weighted by atomic mass is 10.3. The van der Waals surface area contributed by atoms with E-state index in [-0.39, 0.29) is 0 Å². The van der Waals surface area contributed by atoms with Gasteiger partial charge in [-0.2, -0.15) is 0 Å². The summed E-state index contributed by atoms with van der Waals surface area (Å²) in [5, 5.41) is 1.19. The van der Waals surface area contributed by atoms with Crippen molar-refractivity contribution < 1.29 is 9.63 Å². The number of hydroxylamine groups is 2. The fourth-order valence-corrected chi connectivity index (χ4v) is 0.591. The molecule has 0 bridgehead atoms. The first-order valence-electron chi connectivity index (χ1n) is 3.62. The number of rotatable bonds is 6. The highest BCUT2D eigenvalue weighted by Crippen LogP contribution is 1.94. The molecule has 0 aliphatic heterocycles. The van der Waals surface area contributed by atoms with E-state index in [0.29, 0.717) is 13.0 Å².